The molecule has 2 heterocycles. The maximum absolute atomic E-state index is 15.1. The van der Waals surface area contributed by atoms with Crippen LogP contribution in [0, 0.1) is 17.8 Å². The van der Waals surface area contributed by atoms with E-state index in [1.54, 1.807) is 27.7 Å². The minimum Gasteiger partial charge on any atom is -0.343 e. The van der Waals surface area contributed by atoms with Crippen LogP contribution >= 0.6 is 11.6 Å². The fourth-order valence-electron chi connectivity index (χ4n) is 12.5. The summed E-state index contributed by atoms with van der Waals surface area (Å²) in [6.07, 6.45) is -2.29. The van der Waals surface area contributed by atoms with Gasteiger partial charge in [-0.15, -0.1) is 0 Å². The van der Waals surface area contributed by atoms with Crippen LogP contribution in [0.3, 0.4) is 0 Å². The third-order valence-electron chi connectivity index (χ3n) is 18.5. The van der Waals surface area contributed by atoms with Gasteiger partial charge >= 0.3 is 6.18 Å². The molecule has 1 saturated carbocycles. The number of carbonyl (C=O) groups excluding carboxylic acids is 11. The SMILES string of the molecule is CC[C@H](C)[C@@H]1NC(=O)[C@H](CC(C)C)N(C)C(=O)C[C@@H](C)N(C)C(=O)[C@H](C(C)C)N(C)C(=O)C2(CCCC2)NC(=O)[C@@H]2CCCN2C(=O)[C@H](CCc2ccc(C(F)(F)F)c(Cl)c2)NC(=O)CN(C)C(=O)[C@H](CCc2ccccc2)N(C)C(=O)CN(C)C(=O)CN(C)C1=O. The number of benzene rings is 2. The average molecular weight is 1310 g/mol. The highest BCUT2D eigenvalue weighted by molar-refractivity contribution is 6.31. The van der Waals surface area contributed by atoms with Crippen LogP contribution in [-0.4, -0.2) is 228 Å². The molecular formula is C66H97ClF3N11O11. The predicted octanol–water partition coefficient (Wildman–Crippen LogP) is 5.17. The summed E-state index contributed by atoms with van der Waals surface area (Å²) in [7, 11) is 9.97. The molecule has 3 fully saturated rings. The first-order valence-corrected chi connectivity index (χ1v) is 32.3. The number of nitrogens with zero attached hydrogens (tertiary/aromatic N) is 8. The van der Waals surface area contributed by atoms with Crippen molar-refractivity contribution in [2.24, 2.45) is 17.8 Å². The van der Waals surface area contributed by atoms with Crippen molar-refractivity contribution >= 4 is 76.6 Å². The number of fused-ring (bicyclic) bond motifs is 1. The minimum absolute atomic E-state index is 0.0464. The molecule has 1 spiro atoms. The van der Waals surface area contributed by atoms with E-state index >= 15 is 9.59 Å². The molecule has 0 unspecified atom stereocenters. The van der Waals surface area contributed by atoms with Crippen LogP contribution in [0.2, 0.25) is 5.02 Å². The summed E-state index contributed by atoms with van der Waals surface area (Å²) < 4.78 is 41.3. The zero-order chi connectivity index (χ0) is 68.9. The number of likely N-dealkylation sites (N-methyl/N-ethyl adjacent to an activating group) is 7. The van der Waals surface area contributed by atoms with Crippen molar-refractivity contribution in [3.63, 3.8) is 0 Å². The van der Waals surface area contributed by atoms with Gasteiger partial charge in [-0.1, -0.05) is 109 Å². The molecule has 26 heteroatoms. The van der Waals surface area contributed by atoms with Crippen molar-refractivity contribution in [1.82, 2.24) is 55.1 Å². The highest BCUT2D eigenvalue weighted by Crippen LogP contribution is 2.36. The molecule has 3 N–H and O–H groups in total. The van der Waals surface area contributed by atoms with Crippen molar-refractivity contribution in [3.8, 4) is 0 Å². The number of nitrogens with one attached hydrogen (secondary N) is 3. The summed E-state index contributed by atoms with van der Waals surface area (Å²) in [5.41, 5.74) is -1.45. The quantitative estimate of drug-likeness (QED) is 0.265. The van der Waals surface area contributed by atoms with Gasteiger partial charge < -0.3 is 55.1 Å². The van der Waals surface area contributed by atoms with Gasteiger partial charge in [0.15, 0.2) is 0 Å². The lowest BCUT2D eigenvalue weighted by atomic mass is 9.91. The highest BCUT2D eigenvalue weighted by atomic mass is 35.5. The molecule has 22 nitrogen and oxygen atoms in total. The van der Waals surface area contributed by atoms with Crippen LogP contribution in [-0.2, 0) is 71.8 Å². The molecule has 2 aliphatic heterocycles. The van der Waals surface area contributed by atoms with Gasteiger partial charge in [0.05, 0.1) is 30.2 Å². The second-order valence-corrected chi connectivity index (χ2v) is 26.7. The zero-order valence-electron chi connectivity index (χ0n) is 56.0. The van der Waals surface area contributed by atoms with E-state index in [0.29, 0.717) is 37.7 Å². The molecule has 2 aromatic carbocycles. The Morgan fingerprint density at radius 2 is 1.23 bits per heavy atom. The Labute approximate surface area is 544 Å². The molecule has 8 atom stereocenters. The summed E-state index contributed by atoms with van der Waals surface area (Å²) in [4.78, 5) is 170. The average Bonchev–Trinajstić information content (AvgIpc) is 1.50. The highest BCUT2D eigenvalue weighted by Gasteiger charge is 2.50. The van der Waals surface area contributed by atoms with E-state index in [1.807, 2.05) is 51.1 Å². The number of carbonyl (C=O) groups is 11. The first-order chi connectivity index (χ1) is 43.0. The number of hydrogen-bond acceptors (Lipinski definition) is 11. The molecule has 0 bridgehead atoms. The Bertz CT molecular complexity index is 2980. The largest absolute Gasteiger partial charge is 0.417 e. The van der Waals surface area contributed by atoms with E-state index in [0.717, 1.165) is 32.4 Å². The van der Waals surface area contributed by atoms with Gasteiger partial charge in [-0.25, -0.2) is 0 Å². The molecule has 510 valence electrons. The molecule has 5 rings (SSSR count). The monoisotopic (exact) mass is 1310 g/mol. The summed E-state index contributed by atoms with van der Waals surface area (Å²) in [5, 5.41) is 8.04. The molecule has 11 amide bonds. The molecule has 0 aromatic heterocycles. The number of halogens is 4. The Balaban J connectivity index is 1.56. The zero-order valence-corrected chi connectivity index (χ0v) is 56.7. The van der Waals surface area contributed by atoms with E-state index in [1.165, 1.54) is 79.9 Å². The lowest BCUT2D eigenvalue weighted by molar-refractivity contribution is -0.152. The topological polar surface area (TPSA) is 250 Å². The van der Waals surface area contributed by atoms with Crippen molar-refractivity contribution in [2.75, 3.05) is 75.5 Å². The lowest BCUT2D eigenvalue weighted by Crippen LogP contribution is -2.64. The summed E-state index contributed by atoms with van der Waals surface area (Å²) in [6, 6.07) is 4.39. The molecule has 2 aromatic rings. The second kappa shape index (κ2) is 33.0. The van der Waals surface area contributed by atoms with E-state index in [9.17, 15) is 56.3 Å². The molecule has 3 aliphatic rings. The third kappa shape index (κ3) is 19.2. The molecule has 92 heavy (non-hydrogen) atoms. The Kier molecular flexibility index (Phi) is 27.0. The van der Waals surface area contributed by atoms with Crippen molar-refractivity contribution in [1.29, 1.82) is 0 Å². The number of alkyl halides is 3. The summed E-state index contributed by atoms with van der Waals surface area (Å²) >= 11 is 6.11. The third-order valence-corrected chi connectivity index (χ3v) is 18.8. The van der Waals surface area contributed by atoms with E-state index in [-0.39, 0.29) is 63.8 Å². The van der Waals surface area contributed by atoms with Crippen LogP contribution in [0.25, 0.3) is 0 Å². The summed E-state index contributed by atoms with van der Waals surface area (Å²) in [6.45, 7) is 10.9. The van der Waals surface area contributed by atoms with Gasteiger partial charge in [0.2, 0.25) is 65.0 Å². The Morgan fingerprint density at radius 3 is 1.82 bits per heavy atom. The predicted molar refractivity (Wildman–Crippen MR) is 341 cm³/mol. The standard InChI is InChI=1S/C66H97ClF3N11O11/c1-15-42(6)56-62(90)76(10)38-54(84)74(8)39-55(85)78(12)50(30-27-44-22-17-16-18-23-44)61(89)75(9)37-52(82)71-48(29-26-45-25-28-46(47(67)36-45)66(68,69)70)60(88)81-33-21-24-49(81)59(87)73-65(31-19-20-32-65)64(92)80(14)57(41(4)5)63(91)77(11)43(7)35-53(83)79(13)51(34-40(2)3)58(86)72-56/h16-18,22-23,25,28,36,40-43,48-51,56-57H,15,19-21,24,26-27,29-35,37-39H2,1-14H3,(H,71,82)(H,72,86)(H,73,87)/t42-,43+,48-,49-,50-,51-,56-,57-/m0/s1. The van der Waals surface area contributed by atoms with E-state index in [2.05, 4.69) is 16.0 Å². The summed E-state index contributed by atoms with van der Waals surface area (Å²) in [5.74, 6) is -7.99. The van der Waals surface area contributed by atoms with Gasteiger partial charge in [-0.2, -0.15) is 13.2 Å². The van der Waals surface area contributed by atoms with E-state index < -0.39 is 161 Å². The number of aryl methyl sites for hydroxylation is 2. The molecular weight excluding hydrogens is 1220 g/mol. The number of amides is 11. The lowest BCUT2D eigenvalue weighted by Gasteiger charge is -2.41. The molecule has 2 saturated heterocycles. The minimum atomic E-state index is -4.75. The van der Waals surface area contributed by atoms with Crippen LogP contribution in [0.5, 0.6) is 0 Å². The van der Waals surface area contributed by atoms with Crippen LogP contribution in [0.4, 0.5) is 13.2 Å². The van der Waals surface area contributed by atoms with Gasteiger partial charge in [0.25, 0.3) is 0 Å². The van der Waals surface area contributed by atoms with Gasteiger partial charge in [-0.05, 0) is 106 Å². The smallest absolute Gasteiger partial charge is 0.343 e. The van der Waals surface area contributed by atoms with Crippen LogP contribution in [0.15, 0.2) is 48.5 Å². The second-order valence-electron chi connectivity index (χ2n) is 26.3. The van der Waals surface area contributed by atoms with Crippen molar-refractivity contribution in [3.05, 3.63) is 70.2 Å². The molecule has 0 radical (unpaired) electrons. The fraction of sp³-hybridized carbons (Fsp3) is 0.652. The van der Waals surface area contributed by atoms with Crippen molar-refractivity contribution < 1.29 is 65.9 Å². The Morgan fingerprint density at radius 1 is 0.630 bits per heavy atom. The first-order valence-electron chi connectivity index (χ1n) is 32.0. The van der Waals surface area contributed by atoms with Gasteiger partial charge in [-0.3, -0.25) is 52.7 Å². The Hall–Kier alpha value is -7.31. The van der Waals surface area contributed by atoms with E-state index in [4.69, 9.17) is 11.6 Å². The maximum Gasteiger partial charge on any atom is 0.417 e. The molecule has 1 aliphatic carbocycles. The maximum atomic E-state index is 15.1. The first kappa shape index (κ1) is 75.4. The normalized spacial score (nSPS) is 24.9. The van der Waals surface area contributed by atoms with Crippen LogP contribution in [0.1, 0.15) is 136 Å². The fourth-order valence-corrected chi connectivity index (χ4v) is 12.8. The van der Waals surface area contributed by atoms with Gasteiger partial charge in [0.1, 0.15) is 41.8 Å². The van der Waals surface area contributed by atoms with Crippen LogP contribution < -0.4 is 16.0 Å². The number of hydrogen-bond donors (Lipinski definition) is 3. The van der Waals surface area contributed by atoms with Gasteiger partial charge in [0, 0.05) is 68.3 Å². The van der Waals surface area contributed by atoms with Crippen molar-refractivity contribution in [2.45, 2.75) is 186 Å². The number of rotatable bonds is 11.